The molecule has 0 radical (unpaired) electrons. The SMILES string of the molecule is CN1CCCCC1CNc1ncccc1N. The standard InChI is InChI=1S/C12H20N4/c1-16-8-3-2-5-10(16)9-15-12-11(13)6-4-7-14-12/h4,6-7,10H,2-3,5,8-9,13H2,1H3,(H,14,15). The molecule has 1 atom stereocenters. The molecule has 88 valence electrons. The average Bonchev–Trinajstić information content (AvgIpc) is 2.30. The molecule has 0 spiro atoms. The molecule has 1 unspecified atom stereocenters. The van der Waals surface area contributed by atoms with Gasteiger partial charge in [-0.05, 0) is 38.6 Å². The molecule has 1 saturated heterocycles. The van der Waals surface area contributed by atoms with E-state index in [-0.39, 0.29) is 0 Å². The minimum Gasteiger partial charge on any atom is -0.396 e. The van der Waals surface area contributed by atoms with Crippen molar-refractivity contribution in [3.8, 4) is 0 Å². The molecule has 1 aliphatic rings. The Labute approximate surface area is 96.8 Å². The van der Waals surface area contributed by atoms with Gasteiger partial charge in [0.25, 0.3) is 0 Å². The highest BCUT2D eigenvalue weighted by Crippen LogP contribution is 2.17. The Hall–Kier alpha value is -1.29. The lowest BCUT2D eigenvalue weighted by molar-refractivity contribution is 0.194. The number of nitrogen functional groups attached to an aromatic ring is 1. The number of pyridine rings is 1. The van der Waals surface area contributed by atoms with Crippen LogP contribution in [0.3, 0.4) is 0 Å². The van der Waals surface area contributed by atoms with E-state index in [0.29, 0.717) is 6.04 Å². The summed E-state index contributed by atoms with van der Waals surface area (Å²) in [6.07, 6.45) is 5.67. The van der Waals surface area contributed by atoms with E-state index in [1.54, 1.807) is 6.20 Å². The number of nitrogens with two attached hydrogens (primary N) is 1. The first-order valence-corrected chi connectivity index (χ1v) is 5.92. The molecule has 16 heavy (non-hydrogen) atoms. The molecular formula is C12H20N4. The maximum atomic E-state index is 5.83. The minimum atomic E-state index is 0.607. The molecular weight excluding hydrogens is 200 g/mol. The van der Waals surface area contributed by atoms with Gasteiger partial charge in [-0.15, -0.1) is 0 Å². The van der Waals surface area contributed by atoms with E-state index in [0.717, 1.165) is 18.1 Å². The van der Waals surface area contributed by atoms with Gasteiger partial charge in [0, 0.05) is 18.8 Å². The fourth-order valence-corrected chi connectivity index (χ4v) is 2.18. The van der Waals surface area contributed by atoms with Gasteiger partial charge in [0.2, 0.25) is 0 Å². The molecule has 1 aliphatic heterocycles. The highest BCUT2D eigenvalue weighted by atomic mass is 15.2. The molecule has 2 rings (SSSR count). The van der Waals surface area contributed by atoms with E-state index in [1.165, 1.54) is 25.8 Å². The predicted molar refractivity (Wildman–Crippen MR) is 67.4 cm³/mol. The zero-order chi connectivity index (χ0) is 11.4. The normalized spacial score (nSPS) is 21.9. The van der Waals surface area contributed by atoms with Crippen molar-refractivity contribution in [1.29, 1.82) is 0 Å². The van der Waals surface area contributed by atoms with Crippen molar-refractivity contribution < 1.29 is 0 Å². The van der Waals surface area contributed by atoms with Gasteiger partial charge in [-0.25, -0.2) is 4.98 Å². The fourth-order valence-electron chi connectivity index (χ4n) is 2.18. The second-order valence-corrected chi connectivity index (χ2v) is 4.45. The second-order valence-electron chi connectivity index (χ2n) is 4.45. The van der Waals surface area contributed by atoms with Crippen LogP contribution >= 0.6 is 0 Å². The molecule has 1 fully saturated rings. The molecule has 0 bridgehead atoms. The summed E-state index contributed by atoms with van der Waals surface area (Å²) in [7, 11) is 2.19. The second kappa shape index (κ2) is 5.16. The zero-order valence-electron chi connectivity index (χ0n) is 9.82. The van der Waals surface area contributed by atoms with Crippen molar-refractivity contribution in [1.82, 2.24) is 9.88 Å². The van der Waals surface area contributed by atoms with E-state index in [4.69, 9.17) is 5.73 Å². The lowest BCUT2D eigenvalue weighted by atomic mass is 10.0. The highest BCUT2D eigenvalue weighted by molar-refractivity contribution is 5.60. The van der Waals surface area contributed by atoms with Gasteiger partial charge in [0.1, 0.15) is 5.82 Å². The molecule has 4 heteroatoms. The van der Waals surface area contributed by atoms with Crippen LogP contribution in [0.25, 0.3) is 0 Å². The summed E-state index contributed by atoms with van der Waals surface area (Å²) >= 11 is 0. The fraction of sp³-hybridized carbons (Fsp3) is 0.583. The number of rotatable bonds is 3. The summed E-state index contributed by atoms with van der Waals surface area (Å²) in [5.74, 6) is 0.807. The third kappa shape index (κ3) is 2.64. The number of likely N-dealkylation sites (tertiary alicyclic amines) is 1. The Kier molecular flexibility index (Phi) is 3.62. The zero-order valence-corrected chi connectivity index (χ0v) is 9.82. The predicted octanol–water partition coefficient (Wildman–Crippen LogP) is 1.56. The largest absolute Gasteiger partial charge is 0.396 e. The summed E-state index contributed by atoms with van der Waals surface area (Å²) in [4.78, 5) is 6.65. The van der Waals surface area contributed by atoms with Crippen molar-refractivity contribution in [2.45, 2.75) is 25.3 Å². The molecule has 2 heterocycles. The van der Waals surface area contributed by atoms with Crippen molar-refractivity contribution >= 4 is 11.5 Å². The molecule has 3 N–H and O–H groups in total. The van der Waals surface area contributed by atoms with E-state index < -0.39 is 0 Å². The van der Waals surface area contributed by atoms with Crippen LogP contribution in [0, 0.1) is 0 Å². The number of nitrogens with one attached hydrogen (secondary N) is 1. The van der Waals surface area contributed by atoms with Gasteiger partial charge in [-0.2, -0.15) is 0 Å². The number of aromatic nitrogens is 1. The topological polar surface area (TPSA) is 54.2 Å². The summed E-state index contributed by atoms with van der Waals surface area (Å²) in [6.45, 7) is 2.13. The van der Waals surface area contributed by atoms with Gasteiger partial charge in [0.15, 0.2) is 0 Å². The Bertz CT molecular complexity index is 340. The Morgan fingerprint density at radius 2 is 2.44 bits per heavy atom. The molecule has 4 nitrogen and oxygen atoms in total. The van der Waals surface area contributed by atoms with Crippen LogP contribution < -0.4 is 11.1 Å². The van der Waals surface area contributed by atoms with Gasteiger partial charge in [0.05, 0.1) is 5.69 Å². The van der Waals surface area contributed by atoms with Crippen molar-refractivity contribution in [3.05, 3.63) is 18.3 Å². The smallest absolute Gasteiger partial charge is 0.149 e. The van der Waals surface area contributed by atoms with Crippen LogP contribution in [0.4, 0.5) is 11.5 Å². The monoisotopic (exact) mass is 220 g/mol. The van der Waals surface area contributed by atoms with Crippen molar-refractivity contribution in [2.75, 3.05) is 31.2 Å². The lowest BCUT2D eigenvalue weighted by Crippen LogP contribution is -2.40. The van der Waals surface area contributed by atoms with Crippen LogP contribution in [0.5, 0.6) is 0 Å². The Balaban J connectivity index is 1.89. The van der Waals surface area contributed by atoms with Gasteiger partial charge >= 0.3 is 0 Å². The number of hydrogen-bond acceptors (Lipinski definition) is 4. The first-order chi connectivity index (χ1) is 7.77. The van der Waals surface area contributed by atoms with E-state index in [2.05, 4.69) is 22.2 Å². The summed E-state index contributed by atoms with van der Waals surface area (Å²) in [5.41, 5.74) is 6.56. The van der Waals surface area contributed by atoms with Crippen LogP contribution in [-0.2, 0) is 0 Å². The van der Waals surface area contributed by atoms with E-state index >= 15 is 0 Å². The van der Waals surface area contributed by atoms with Crippen LogP contribution in [0.1, 0.15) is 19.3 Å². The molecule has 0 aliphatic carbocycles. The number of nitrogens with zero attached hydrogens (tertiary/aromatic N) is 2. The van der Waals surface area contributed by atoms with Gasteiger partial charge in [-0.3, -0.25) is 0 Å². The molecule has 0 amide bonds. The summed E-state index contributed by atoms with van der Waals surface area (Å²) < 4.78 is 0. The van der Waals surface area contributed by atoms with Crippen LogP contribution in [0.2, 0.25) is 0 Å². The lowest BCUT2D eigenvalue weighted by Gasteiger charge is -2.32. The van der Waals surface area contributed by atoms with Gasteiger partial charge < -0.3 is 16.0 Å². The van der Waals surface area contributed by atoms with Crippen molar-refractivity contribution in [3.63, 3.8) is 0 Å². The van der Waals surface area contributed by atoms with E-state index in [1.807, 2.05) is 12.1 Å². The molecule has 1 aromatic heterocycles. The first-order valence-electron chi connectivity index (χ1n) is 5.92. The Morgan fingerprint density at radius 3 is 3.19 bits per heavy atom. The van der Waals surface area contributed by atoms with Crippen LogP contribution in [0.15, 0.2) is 18.3 Å². The first kappa shape index (κ1) is 11.2. The molecule has 1 aromatic rings. The molecule has 0 saturated carbocycles. The number of likely N-dealkylation sites (N-methyl/N-ethyl adjacent to an activating group) is 1. The number of hydrogen-bond donors (Lipinski definition) is 2. The third-order valence-electron chi connectivity index (χ3n) is 3.27. The Morgan fingerprint density at radius 1 is 1.56 bits per heavy atom. The van der Waals surface area contributed by atoms with E-state index in [9.17, 15) is 0 Å². The minimum absolute atomic E-state index is 0.607. The summed E-state index contributed by atoms with van der Waals surface area (Å²) in [5, 5.41) is 3.34. The third-order valence-corrected chi connectivity index (χ3v) is 3.27. The summed E-state index contributed by atoms with van der Waals surface area (Å²) in [6, 6.07) is 4.34. The average molecular weight is 220 g/mol. The quantitative estimate of drug-likeness (QED) is 0.811. The van der Waals surface area contributed by atoms with Crippen LogP contribution in [-0.4, -0.2) is 36.1 Å². The number of anilines is 2. The maximum Gasteiger partial charge on any atom is 0.149 e. The molecule has 0 aromatic carbocycles. The number of piperidine rings is 1. The maximum absolute atomic E-state index is 5.83. The highest BCUT2D eigenvalue weighted by Gasteiger charge is 2.18. The van der Waals surface area contributed by atoms with Gasteiger partial charge in [-0.1, -0.05) is 6.42 Å². The van der Waals surface area contributed by atoms with Crippen molar-refractivity contribution in [2.24, 2.45) is 0 Å².